The first-order chi connectivity index (χ1) is 15.3. The lowest BCUT2D eigenvalue weighted by atomic mass is 9.80. The summed E-state index contributed by atoms with van der Waals surface area (Å²) >= 11 is 0. The Morgan fingerprint density at radius 1 is 0.355 bits per heavy atom. The van der Waals surface area contributed by atoms with Crippen LogP contribution in [0.4, 0.5) is 0 Å². The third-order valence-electron chi connectivity index (χ3n) is 5.80. The highest BCUT2D eigenvalue weighted by Crippen LogP contribution is 2.47. The molecular formula is C31H24. The van der Waals surface area contributed by atoms with Gasteiger partial charge in [0.05, 0.1) is 0 Å². The van der Waals surface area contributed by atoms with Gasteiger partial charge in [-0.25, -0.2) is 0 Å². The van der Waals surface area contributed by atoms with Crippen molar-refractivity contribution in [3.63, 3.8) is 0 Å². The molecule has 0 bridgehead atoms. The molecule has 5 aromatic carbocycles. The Morgan fingerprint density at radius 2 is 0.710 bits per heavy atom. The summed E-state index contributed by atoms with van der Waals surface area (Å²) < 4.78 is 0. The summed E-state index contributed by atoms with van der Waals surface area (Å²) in [6.07, 6.45) is 0. The summed E-state index contributed by atoms with van der Waals surface area (Å²) in [5.74, 6) is 0. The van der Waals surface area contributed by atoms with Gasteiger partial charge in [-0.1, -0.05) is 127 Å². The normalized spacial score (nSPS) is 10.7. The van der Waals surface area contributed by atoms with E-state index in [9.17, 15) is 0 Å². The van der Waals surface area contributed by atoms with E-state index >= 15 is 0 Å². The average Bonchev–Trinajstić information content (AvgIpc) is 2.85. The Morgan fingerprint density at radius 3 is 1.16 bits per heavy atom. The molecule has 0 saturated carbocycles. The third-order valence-corrected chi connectivity index (χ3v) is 5.80. The van der Waals surface area contributed by atoms with Gasteiger partial charge >= 0.3 is 0 Å². The monoisotopic (exact) mass is 396 g/mol. The highest BCUT2D eigenvalue weighted by Gasteiger charge is 2.21. The summed E-state index contributed by atoms with van der Waals surface area (Å²) in [7, 11) is 0. The topological polar surface area (TPSA) is 0 Å². The average molecular weight is 397 g/mol. The van der Waals surface area contributed by atoms with Crippen molar-refractivity contribution in [2.45, 2.75) is 6.92 Å². The summed E-state index contributed by atoms with van der Waals surface area (Å²) in [4.78, 5) is 0. The van der Waals surface area contributed by atoms with Gasteiger partial charge in [0, 0.05) is 0 Å². The highest BCUT2D eigenvalue weighted by molar-refractivity contribution is 6.02. The summed E-state index contributed by atoms with van der Waals surface area (Å²) in [6, 6.07) is 45.4. The van der Waals surface area contributed by atoms with Crippen molar-refractivity contribution in [2.75, 3.05) is 0 Å². The van der Waals surface area contributed by atoms with Crippen molar-refractivity contribution in [1.29, 1.82) is 0 Å². The second kappa shape index (κ2) is 8.45. The van der Waals surface area contributed by atoms with Crippen molar-refractivity contribution in [1.82, 2.24) is 0 Å². The molecule has 0 N–H and O–H groups in total. The van der Waals surface area contributed by atoms with Gasteiger partial charge in [-0.3, -0.25) is 0 Å². The fourth-order valence-corrected chi connectivity index (χ4v) is 4.44. The van der Waals surface area contributed by atoms with Crippen LogP contribution in [-0.2, 0) is 0 Å². The van der Waals surface area contributed by atoms with E-state index in [1.807, 2.05) is 0 Å². The van der Waals surface area contributed by atoms with Gasteiger partial charge < -0.3 is 0 Å². The predicted octanol–water partition coefficient (Wildman–Crippen LogP) is 8.66. The molecule has 5 rings (SSSR count). The minimum Gasteiger partial charge on any atom is -0.0622 e. The van der Waals surface area contributed by atoms with E-state index in [0.717, 1.165) is 0 Å². The van der Waals surface area contributed by atoms with Crippen LogP contribution in [0.5, 0.6) is 0 Å². The molecule has 0 nitrogen and oxygen atoms in total. The van der Waals surface area contributed by atoms with Crippen LogP contribution in [0, 0.1) is 6.92 Å². The summed E-state index contributed by atoms with van der Waals surface area (Å²) in [5, 5.41) is 0. The van der Waals surface area contributed by atoms with Crippen LogP contribution in [0.3, 0.4) is 0 Å². The maximum Gasteiger partial charge on any atom is -0.00179 e. The maximum atomic E-state index is 2.35. The van der Waals surface area contributed by atoms with Gasteiger partial charge in [-0.2, -0.15) is 0 Å². The molecule has 0 aromatic heterocycles. The smallest absolute Gasteiger partial charge is 0.00179 e. The number of hydrogen-bond donors (Lipinski definition) is 0. The first kappa shape index (κ1) is 19.1. The molecule has 0 fully saturated rings. The van der Waals surface area contributed by atoms with Crippen LogP contribution >= 0.6 is 0 Å². The summed E-state index contributed by atoms with van der Waals surface area (Å²) in [5.41, 5.74) is 11.4. The quantitative estimate of drug-likeness (QED) is 0.285. The zero-order chi connectivity index (χ0) is 21.0. The molecule has 0 heterocycles. The molecule has 0 spiro atoms. The zero-order valence-corrected chi connectivity index (χ0v) is 17.6. The largest absolute Gasteiger partial charge is 0.0622 e. The Kier molecular flexibility index (Phi) is 5.21. The van der Waals surface area contributed by atoms with Crippen LogP contribution in [-0.4, -0.2) is 0 Å². The van der Waals surface area contributed by atoms with E-state index in [0.29, 0.717) is 0 Å². The molecule has 0 aliphatic carbocycles. The van der Waals surface area contributed by atoms with Crippen molar-refractivity contribution >= 4 is 0 Å². The van der Waals surface area contributed by atoms with Crippen molar-refractivity contribution in [3.8, 4) is 44.5 Å². The Bertz CT molecular complexity index is 1290. The maximum absolute atomic E-state index is 2.35. The fourth-order valence-electron chi connectivity index (χ4n) is 4.44. The molecular weight excluding hydrogens is 372 g/mol. The second-order valence-corrected chi connectivity index (χ2v) is 7.83. The van der Waals surface area contributed by atoms with Crippen molar-refractivity contribution < 1.29 is 0 Å². The Hall–Kier alpha value is -3.90. The molecule has 31 heavy (non-hydrogen) atoms. The Labute approximate surface area is 184 Å². The number of rotatable bonds is 4. The lowest BCUT2D eigenvalue weighted by Gasteiger charge is -2.23. The molecule has 0 saturated heterocycles. The summed E-state index contributed by atoms with van der Waals surface area (Å²) in [6.45, 7) is 2.23. The highest BCUT2D eigenvalue weighted by atomic mass is 14.2. The third kappa shape index (κ3) is 3.69. The van der Waals surface area contributed by atoms with E-state index in [1.54, 1.807) is 0 Å². The van der Waals surface area contributed by atoms with Crippen LogP contribution < -0.4 is 0 Å². The molecule has 0 radical (unpaired) electrons. The molecule has 148 valence electrons. The first-order valence-corrected chi connectivity index (χ1v) is 10.7. The van der Waals surface area contributed by atoms with Crippen molar-refractivity contribution in [3.05, 3.63) is 133 Å². The number of benzene rings is 5. The molecule has 0 amide bonds. The molecule has 0 heteroatoms. The molecule has 0 aliphatic rings. The standard InChI is InChI=1S/C31H24/c1-23-22-28(24-14-6-2-7-15-24)30(26-18-10-4-11-19-26)31(27-20-12-5-13-21-27)29(23)25-16-8-3-9-17-25/h2-22H,1H3. The van der Waals surface area contributed by atoms with E-state index in [4.69, 9.17) is 0 Å². The molecule has 0 aliphatic heterocycles. The second-order valence-electron chi connectivity index (χ2n) is 7.83. The van der Waals surface area contributed by atoms with E-state index < -0.39 is 0 Å². The van der Waals surface area contributed by atoms with Crippen LogP contribution in [0.1, 0.15) is 5.56 Å². The SMILES string of the molecule is Cc1cc(-c2ccccc2)c(-c2ccccc2)c(-c2ccccc2)c1-c1ccccc1. The van der Waals surface area contributed by atoms with Gasteiger partial charge in [-0.05, 0) is 57.0 Å². The number of aryl methyl sites for hydroxylation is 1. The van der Waals surface area contributed by atoms with Crippen LogP contribution in [0.25, 0.3) is 44.5 Å². The van der Waals surface area contributed by atoms with Gasteiger partial charge in [0.25, 0.3) is 0 Å². The minimum absolute atomic E-state index is 1.23. The number of hydrogen-bond acceptors (Lipinski definition) is 0. The minimum atomic E-state index is 1.23. The lowest BCUT2D eigenvalue weighted by Crippen LogP contribution is -1.97. The lowest BCUT2D eigenvalue weighted by molar-refractivity contribution is 1.44. The van der Waals surface area contributed by atoms with E-state index in [2.05, 4.69) is 134 Å². The van der Waals surface area contributed by atoms with Crippen molar-refractivity contribution in [2.24, 2.45) is 0 Å². The van der Waals surface area contributed by atoms with Gasteiger partial charge in [-0.15, -0.1) is 0 Å². The van der Waals surface area contributed by atoms with E-state index in [-0.39, 0.29) is 0 Å². The van der Waals surface area contributed by atoms with E-state index in [1.165, 1.54) is 50.1 Å². The van der Waals surface area contributed by atoms with Crippen LogP contribution in [0.15, 0.2) is 127 Å². The van der Waals surface area contributed by atoms with Gasteiger partial charge in [0.15, 0.2) is 0 Å². The van der Waals surface area contributed by atoms with Crippen LogP contribution in [0.2, 0.25) is 0 Å². The Balaban J connectivity index is 1.95. The molecule has 5 aromatic rings. The molecule has 0 atom stereocenters. The van der Waals surface area contributed by atoms with Gasteiger partial charge in [0.1, 0.15) is 0 Å². The zero-order valence-electron chi connectivity index (χ0n) is 17.6. The predicted molar refractivity (Wildman–Crippen MR) is 133 cm³/mol. The molecule has 0 unspecified atom stereocenters. The fraction of sp³-hybridized carbons (Fsp3) is 0.0323. The van der Waals surface area contributed by atoms with Gasteiger partial charge in [0.2, 0.25) is 0 Å². The first-order valence-electron chi connectivity index (χ1n) is 10.7.